The van der Waals surface area contributed by atoms with Gasteiger partial charge in [0, 0.05) is 30.8 Å². The van der Waals surface area contributed by atoms with Crippen molar-refractivity contribution in [3.8, 4) is 0 Å². The Bertz CT molecular complexity index is 673. The fourth-order valence-corrected chi connectivity index (χ4v) is 2.45. The minimum absolute atomic E-state index is 0.182. The predicted octanol–water partition coefficient (Wildman–Crippen LogP) is 2.69. The lowest BCUT2D eigenvalue weighted by atomic mass is 10.1. The molecule has 0 saturated carbocycles. The summed E-state index contributed by atoms with van der Waals surface area (Å²) in [5.74, 6) is 0.0604. The molecule has 0 aliphatic carbocycles. The Labute approximate surface area is 119 Å². The van der Waals surface area contributed by atoms with Crippen LogP contribution < -0.4 is 4.90 Å². The van der Waals surface area contributed by atoms with Crippen LogP contribution in [-0.2, 0) is 4.79 Å². The first-order valence-corrected chi connectivity index (χ1v) is 6.48. The number of aryl methyl sites for hydroxylation is 1. The number of rotatable bonds is 2. The highest BCUT2D eigenvalue weighted by molar-refractivity contribution is 6.31. The van der Waals surface area contributed by atoms with Crippen LogP contribution in [0.15, 0.2) is 22.7 Å². The van der Waals surface area contributed by atoms with Crippen LogP contribution in [0.3, 0.4) is 0 Å². The third kappa shape index (κ3) is 2.27. The number of amides is 1. The zero-order valence-electron chi connectivity index (χ0n) is 10.6. The number of halogens is 2. The lowest BCUT2D eigenvalue weighted by molar-refractivity contribution is -0.117. The fourth-order valence-electron chi connectivity index (χ4n) is 2.29. The summed E-state index contributed by atoms with van der Waals surface area (Å²) in [6.45, 7) is 2.00. The van der Waals surface area contributed by atoms with Crippen LogP contribution in [0.25, 0.3) is 0 Å². The molecule has 20 heavy (non-hydrogen) atoms. The molecular weight excluding hydrogens is 285 g/mol. The van der Waals surface area contributed by atoms with Crippen LogP contribution in [0.4, 0.5) is 10.1 Å². The number of benzene rings is 1. The minimum Gasteiger partial charge on any atom is -0.340 e. The SMILES string of the molecule is Cc1nc(C2CC(=O)N(c3cc(Cl)ccc3F)C2)no1. The van der Waals surface area contributed by atoms with Gasteiger partial charge in [0.2, 0.25) is 11.8 Å². The van der Waals surface area contributed by atoms with Crippen LogP contribution in [0.5, 0.6) is 0 Å². The number of anilines is 1. The van der Waals surface area contributed by atoms with Gasteiger partial charge in [0.15, 0.2) is 5.82 Å². The average Bonchev–Trinajstić information content (AvgIpc) is 2.99. The first-order chi connectivity index (χ1) is 9.54. The first kappa shape index (κ1) is 13.1. The summed E-state index contributed by atoms with van der Waals surface area (Å²) in [7, 11) is 0. The van der Waals surface area contributed by atoms with E-state index >= 15 is 0 Å². The van der Waals surface area contributed by atoms with Crippen molar-refractivity contribution in [3.63, 3.8) is 0 Å². The minimum atomic E-state index is -0.479. The molecule has 0 bridgehead atoms. The van der Waals surface area contributed by atoms with Gasteiger partial charge in [-0.25, -0.2) is 4.39 Å². The Kier molecular flexibility index (Phi) is 3.17. The molecule has 2 aromatic rings. The average molecular weight is 296 g/mol. The Morgan fingerprint density at radius 2 is 2.30 bits per heavy atom. The van der Waals surface area contributed by atoms with Gasteiger partial charge in [0.25, 0.3) is 0 Å². The van der Waals surface area contributed by atoms with Crippen molar-refractivity contribution in [2.75, 3.05) is 11.4 Å². The van der Waals surface area contributed by atoms with Crippen molar-refractivity contribution in [1.29, 1.82) is 0 Å². The van der Waals surface area contributed by atoms with Crippen molar-refractivity contribution in [3.05, 3.63) is 40.8 Å². The molecular formula is C13H11ClFN3O2. The van der Waals surface area contributed by atoms with E-state index in [4.69, 9.17) is 16.1 Å². The Balaban J connectivity index is 1.89. The lowest BCUT2D eigenvalue weighted by Gasteiger charge is -2.17. The molecule has 5 nitrogen and oxygen atoms in total. The van der Waals surface area contributed by atoms with Crippen molar-refractivity contribution >= 4 is 23.2 Å². The Morgan fingerprint density at radius 1 is 1.50 bits per heavy atom. The van der Waals surface area contributed by atoms with Crippen LogP contribution in [0.2, 0.25) is 5.02 Å². The molecule has 1 saturated heterocycles. The van der Waals surface area contributed by atoms with Crippen LogP contribution >= 0.6 is 11.6 Å². The summed E-state index contributed by atoms with van der Waals surface area (Å²) in [4.78, 5) is 17.6. The molecule has 1 aromatic carbocycles. The van der Waals surface area contributed by atoms with E-state index < -0.39 is 5.82 Å². The second-order valence-electron chi connectivity index (χ2n) is 4.67. The maximum absolute atomic E-state index is 13.8. The van der Waals surface area contributed by atoms with Gasteiger partial charge in [0.05, 0.1) is 5.69 Å². The zero-order valence-corrected chi connectivity index (χ0v) is 11.4. The molecule has 104 valence electrons. The van der Waals surface area contributed by atoms with E-state index in [1.807, 2.05) is 0 Å². The summed E-state index contributed by atoms with van der Waals surface area (Å²) >= 11 is 5.86. The van der Waals surface area contributed by atoms with Crippen LogP contribution in [-0.4, -0.2) is 22.6 Å². The molecule has 1 amide bonds. The van der Waals surface area contributed by atoms with Crippen LogP contribution in [0, 0.1) is 12.7 Å². The summed E-state index contributed by atoms with van der Waals surface area (Å²) in [5, 5.41) is 4.20. The van der Waals surface area contributed by atoms with E-state index in [2.05, 4.69) is 10.1 Å². The topological polar surface area (TPSA) is 59.2 Å². The maximum Gasteiger partial charge on any atom is 0.227 e. The zero-order chi connectivity index (χ0) is 14.3. The number of aromatic nitrogens is 2. The van der Waals surface area contributed by atoms with E-state index in [1.54, 1.807) is 6.92 Å². The van der Waals surface area contributed by atoms with Gasteiger partial charge in [-0.2, -0.15) is 4.98 Å². The van der Waals surface area contributed by atoms with Crippen molar-refractivity contribution in [1.82, 2.24) is 10.1 Å². The standard InChI is InChI=1S/C13H11ClFN3O2/c1-7-16-13(17-20-7)8-4-12(19)18(6-8)11-5-9(14)2-3-10(11)15/h2-3,5,8H,4,6H2,1H3. The van der Waals surface area contributed by atoms with Gasteiger partial charge in [-0.1, -0.05) is 16.8 Å². The highest BCUT2D eigenvalue weighted by Crippen LogP contribution is 2.33. The molecule has 0 radical (unpaired) electrons. The van der Waals surface area contributed by atoms with Gasteiger partial charge < -0.3 is 9.42 Å². The quantitative estimate of drug-likeness (QED) is 0.854. The normalized spacial score (nSPS) is 18.9. The molecule has 7 heteroatoms. The molecule has 0 spiro atoms. The molecule has 1 fully saturated rings. The van der Waals surface area contributed by atoms with E-state index in [0.717, 1.165) is 0 Å². The van der Waals surface area contributed by atoms with E-state index in [9.17, 15) is 9.18 Å². The smallest absolute Gasteiger partial charge is 0.227 e. The largest absolute Gasteiger partial charge is 0.340 e. The molecule has 1 atom stereocenters. The molecule has 1 aliphatic rings. The van der Waals surface area contributed by atoms with E-state index in [1.165, 1.54) is 23.1 Å². The number of carbonyl (C=O) groups is 1. The monoisotopic (exact) mass is 295 g/mol. The highest BCUT2D eigenvalue weighted by atomic mass is 35.5. The lowest BCUT2D eigenvalue weighted by Crippen LogP contribution is -2.25. The van der Waals surface area contributed by atoms with Gasteiger partial charge in [-0.05, 0) is 18.2 Å². The summed E-state index contributed by atoms with van der Waals surface area (Å²) < 4.78 is 18.7. The molecule has 1 aromatic heterocycles. The number of nitrogens with zero attached hydrogens (tertiary/aromatic N) is 3. The van der Waals surface area contributed by atoms with Gasteiger partial charge in [-0.15, -0.1) is 0 Å². The maximum atomic E-state index is 13.8. The van der Waals surface area contributed by atoms with Crippen molar-refractivity contribution in [2.45, 2.75) is 19.3 Å². The summed E-state index contributed by atoms with van der Waals surface area (Å²) in [5.41, 5.74) is 0.185. The molecule has 2 heterocycles. The van der Waals surface area contributed by atoms with Crippen LogP contribution in [0.1, 0.15) is 24.1 Å². The first-order valence-electron chi connectivity index (χ1n) is 6.10. The molecule has 3 rings (SSSR count). The second kappa shape index (κ2) is 4.86. The number of hydrogen-bond acceptors (Lipinski definition) is 4. The number of carbonyl (C=O) groups excluding carboxylic acids is 1. The van der Waals surface area contributed by atoms with Gasteiger partial charge >= 0.3 is 0 Å². The second-order valence-corrected chi connectivity index (χ2v) is 5.11. The Morgan fingerprint density at radius 3 is 3.00 bits per heavy atom. The van der Waals surface area contributed by atoms with E-state index in [0.29, 0.717) is 23.3 Å². The number of hydrogen-bond donors (Lipinski definition) is 0. The molecule has 1 unspecified atom stereocenters. The van der Waals surface area contributed by atoms with Gasteiger partial charge in [-0.3, -0.25) is 4.79 Å². The van der Waals surface area contributed by atoms with Crippen molar-refractivity contribution in [2.24, 2.45) is 0 Å². The molecule has 0 N–H and O–H groups in total. The summed E-state index contributed by atoms with van der Waals surface area (Å²) in [6.07, 6.45) is 0.227. The van der Waals surface area contributed by atoms with Gasteiger partial charge in [0.1, 0.15) is 5.82 Å². The summed E-state index contributed by atoms with van der Waals surface area (Å²) in [6, 6.07) is 4.14. The predicted molar refractivity (Wildman–Crippen MR) is 70.2 cm³/mol. The van der Waals surface area contributed by atoms with E-state index in [-0.39, 0.29) is 23.9 Å². The third-order valence-corrected chi connectivity index (χ3v) is 3.47. The Hall–Kier alpha value is -1.95. The third-order valence-electron chi connectivity index (χ3n) is 3.23. The fraction of sp³-hybridized carbons (Fsp3) is 0.308. The molecule has 1 aliphatic heterocycles. The highest BCUT2D eigenvalue weighted by Gasteiger charge is 2.35. The van der Waals surface area contributed by atoms with Crippen molar-refractivity contribution < 1.29 is 13.7 Å².